The first-order valence-corrected chi connectivity index (χ1v) is 10.4. The van der Waals surface area contributed by atoms with Crippen molar-refractivity contribution in [3.8, 4) is 0 Å². The molecule has 1 aromatic carbocycles. The third-order valence-electron chi connectivity index (χ3n) is 5.01. The second-order valence-electron chi connectivity index (χ2n) is 6.84. The minimum absolute atomic E-state index is 0.0331. The van der Waals surface area contributed by atoms with Crippen molar-refractivity contribution in [2.24, 2.45) is 0 Å². The summed E-state index contributed by atoms with van der Waals surface area (Å²) in [5.41, 5.74) is 0.738. The van der Waals surface area contributed by atoms with Gasteiger partial charge in [-0.3, -0.25) is 4.79 Å². The zero-order valence-electron chi connectivity index (χ0n) is 17.9. The number of aromatic nitrogens is 1. The van der Waals surface area contributed by atoms with E-state index >= 15 is 0 Å². The SMILES string of the molecule is CCOC(=O)c1ccccc1C(=O)c1c(C(=O)OCC)c(C(=O)OCC)c2n1CCC2. The van der Waals surface area contributed by atoms with Crippen molar-refractivity contribution in [1.29, 1.82) is 0 Å². The summed E-state index contributed by atoms with van der Waals surface area (Å²) in [6.45, 7) is 5.80. The van der Waals surface area contributed by atoms with E-state index in [0.29, 0.717) is 25.1 Å². The molecule has 31 heavy (non-hydrogen) atoms. The molecule has 1 aliphatic heterocycles. The van der Waals surface area contributed by atoms with Crippen LogP contribution >= 0.6 is 0 Å². The van der Waals surface area contributed by atoms with Crippen LogP contribution in [0.3, 0.4) is 0 Å². The van der Waals surface area contributed by atoms with Crippen molar-refractivity contribution < 1.29 is 33.4 Å². The molecule has 0 saturated heterocycles. The molecule has 0 unspecified atom stereocenters. The summed E-state index contributed by atoms with van der Waals surface area (Å²) in [6.07, 6.45) is 1.23. The molecule has 3 rings (SSSR count). The van der Waals surface area contributed by atoms with Gasteiger partial charge >= 0.3 is 17.9 Å². The largest absolute Gasteiger partial charge is 0.462 e. The van der Waals surface area contributed by atoms with Gasteiger partial charge in [-0.05, 0) is 39.7 Å². The van der Waals surface area contributed by atoms with Gasteiger partial charge in [-0.25, -0.2) is 14.4 Å². The molecule has 0 saturated carbocycles. The number of ketones is 1. The van der Waals surface area contributed by atoms with Gasteiger partial charge in [0.05, 0.1) is 30.9 Å². The van der Waals surface area contributed by atoms with Gasteiger partial charge in [-0.1, -0.05) is 18.2 Å². The normalized spacial score (nSPS) is 12.2. The standard InChI is InChI=1S/C23H25NO7/c1-4-29-21(26)15-11-8-7-10-14(15)20(25)19-18(23(28)31-6-3)17(22(27)30-5-2)16-12-9-13-24(16)19/h7-8,10-11H,4-6,9,12-13H2,1-3H3. The second-order valence-corrected chi connectivity index (χ2v) is 6.84. The molecule has 0 N–H and O–H groups in total. The molecule has 0 aliphatic carbocycles. The van der Waals surface area contributed by atoms with E-state index in [1.165, 1.54) is 12.1 Å². The Hall–Kier alpha value is -3.42. The highest BCUT2D eigenvalue weighted by atomic mass is 16.5. The maximum Gasteiger partial charge on any atom is 0.341 e. The van der Waals surface area contributed by atoms with Gasteiger partial charge in [0.15, 0.2) is 0 Å². The molecule has 0 bridgehead atoms. The number of benzene rings is 1. The summed E-state index contributed by atoms with van der Waals surface area (Å²) in [5.74, 6) is -2.63. The van der Waals surface area contributed by atoms with E-state index < -0.39 is 23.7 Å². The fourth-order valence-corrected chi connectivity index (χ4v) is 3.84. The van der Waals surface area contributed by atoms with Crippen LogP contribution in [0.15, 0.2) is 24.3 Å². The zero-order valence-corrected chi connectivity index (χ0v) is 17.9. The molecule has 8 heteroatoms. The van der Waals surface area contributed by atoms with Crippen LogP contribution in [-0.4, -0.2) is 48.1 Å². The van der Waals surface area contributed by atoms with E-state index in [4.69, 9.17) is 14.2 Å². The number of carbonyl (C=O) groups is 4. The van der Waals surface area contributed by atoms with Crippen LogP contribution in [-0.2, 0) is 27.2 Å². The molecule has 2 heterocycles. The monoisotopic (exact) mass is 427 g/mol. The highest BCUT2D eigenvalue weighted by molar-refractivity contribution is 6.20. The molecule has 2 aromatic rings. The summed E-state index contributed by atoms with van der Waals surface area (Å²) in [5, 5.41) is 0. The number of rotatable bonds is 8. The molecule has 0 atom stereocenters. The summed E-state index contributed by atoms with van der Waals surface area (Å²) in [4.78, 5) is 51.7. The van der Waals surface area contributed by atoms with Crippen molar-refractivity contribution >= 4 is 23.7 Å². The van der Waals surface area contributed by atoms with Crippen molar-refractivity contribution in [2.75, 3.05) is 19.8 Å². The molecular formula is C23H25NO7. The average molecular weight is 427 g/mol. The number of nitrogens with zero attached hydrogens (tertiary/aromatic N) is 1. The van der Waals surface area contributed by atoms with Crippen molar-refractivity contribution in [3.05, 3.63) is 57.9 Å². The van der Waals surface area contributed by atoms with E-state index in [1.807, 2.05) is 0 Å². The van der Waals surface area contributed by atoms with Crippen LogP contribution < -0.4 is 0 Å². The molecule has 0 radical (unpaired) electrons. The molecule has 1 aromatic heterocycles. The van der Waals surface area contributed by atoms with E-state index in [0.717, 1.165) is 0 Å². The predicted octanol–water partition coefficient (Wildman–Crippen LogP) is 3.20. The number of esters is 3. The second kappa shape index (κ2) is 9.59. The molecule has 164 valence electrons. The van der Waals surface area contributed by atoms with Crippen molar-refractivity contribution in [2.45, 2.75) is 40.2 Å². The number of hydrogen-bond donors (Lipinski definition) is 0. The number of fused-ring (bicyclic) bond motifs is 1. The Morgan fingerprint density at radius 1 is 0.806 bits per heavy atom. The van der Waals surface area contributed by atoms with Crippen molar-refractivity contribution in [1.82, 2.24) is 4.57 Å². The number of ether oxygens (including phenoxy) is 3. The first-order chi connectivity index (χ1) is 15.0. The Labute approximate surface area is 180 Å². The molecule has 0 amide bonds. The Balaban J connectivity index is 2.23. The fraction of sp³-hybridized carbons (Fsp3) is 0.391. The van der Waals surface area contributed by atoms with Crippen LogP contribution in [0.2, 0.25) is 0 Å². The Morgan fingerprint density at radius 3 is 1.97 bits per heavy atom. The highest BCUT2D eigenvalue weighted by Crippen LogP contribution is 2.33. The van der Waals surface area contributed by atoms with Gasteiger partial charge in [-0.2, -0.15) is 0 Å². The summed E-state index contributed by atoms with van der Waals surface area (Å²) < 4.78 is 17.1. The third-order valence-corrected chi connectivity index (χ3v) is 5.01. The van der Waals surface area contributed by atoms with Gasteiger partial charge in [0.1, 0.15) is 11.3 Å². The lowest BCUT2D eigenvalue weighted by molar-refractivity contribution is 0.0478. The van der Waals surface area contributed by atoms with Gasteiger partial charge in [-0.15, -0.1) is 0 Å². The number of hydrogen-bond acceptors (Lipinski definition) is 7. The zero-order chi connectivity index (χ0) is 22.5. The van der Waals surface area contributed by atoms with E-state index in [1.54, 1.807) is 37.5 Å². The first kappa shape index (κ1) is 22.3. The summed E-state index contributed by atoms with van der Waals surface area (Å²) >= 11 is 0. The Morgan fingerprint density at radius 2 is 1.35 bits per heavy atom. The van der Waals surface area contributed by atoms with Crippen molar-refractivity contribution in [3.63, 3.8) is 0 Å². The Bertz CT molecular complexity index is 1030. The lowest BCUT2D eigenvalue weighted by Crippen LogP contribution is -2.20. The molecular weight excluding hydrogens is 402 g/mol. The van der Waals surface area contributed by atoms with E-state index in [9.17, 15) is 19.2 Å². The molecule has 0 fully saturated rings. The average Bonchev–Trinajstić information content (AvgIpc) is 3.34. The van der Waals surface area contributed by atoms with Crippen LogP contribution in [0.4, 0.5) is 0 Å². The lowest BCUT2D eigenvalue weighted by atomic mass is 9.97. The van der Waals surface area contributed by atoms with Gasteiger partial charge in [0.2, 0.25) is 5.78 Å². The van der Waals surface area contributed by atoms with E-state index in [2.05, 4.69) is 0 Å². The quantitative estimate of drug-likeness (QED) is 0.362. The molecule has 0 spiro atoms. The first-order valence-electron chi connectivity index (χ1n) is 10.4. The smallest absolute Gasteiger partial charge is 0.341 e. The number of carbonyl (C=O) groups excluding carboxylic acids is 4. The van der Waals surface area contributed by atoms with E-state index in [-0.39, 0.29) is 47.8 Å². The predicted molar refractivity (Wildman–Crippen MR) is 110 cm³/mol. The topological polar surface area (TPSA) is 101 Å². The van der Waals surface area contributed by atoms with Gasteiger partial charge < -0.3 is 18.8 Å². The highest BCUT2D eigenvalue weighted by Gasteiger charge is 2.38. The van der Waals surface area contributed by atoms with Crippen LogP contribution in [0.1, 0.15) is 80.0 Å². The maximum atomic E-state index is 13.7. The van der Waals surface area contributed by atoms with Crippen LogP contribution in [0.5, 0.6) is 0 Å². The van der Waals surface area contributed by atoms with Gasteiger partial charge in [0, 0.05) is 17.8 Å². The molecule has 8 nitrogen and oxygen atoms in total. The maximum absolute atomic E-state index is 13.7. The van der Waals surface area contributed by atoms with Crippen LogP contribution in [0, 0.1) is 0 Å². The third kappa shape index (κ3) is 4.10. The molecule has 1 aliphatic rings. The van der Waals surface area contributed by atoms with Gasteiger partial charge in [0.25, 0.3) is 0 Å². The van der Waals surface area contributed by atoms with Crippen LogP contribution in [0.25, 0.3) is 0 Å². The minimum atomic E-state index is -0.774. The fourth-order valence-electron chi connectivity index (χ4n) is 3.84. The lowest BCUT2D eigenvalue weighted by Gasteiger charge is -2.12. The summed E-state index contributed by atoms with van der Waals surface area (Å²) in [6, 6.07) is 6.25. The minimum Gasteiger partial charge on any atom is -0.462 e. The Kier molecular flexibility index (Phi) is 6.89. The summed E-state index contributed by atoms with van der Waals surface area (Å²) in [7, 11) is 0.